The second kappa shape index (κ2) is 16.2. The molecule has 2 aromatic carbocycles. The fourth-order valence-electron chi connectivity index (χ4n) is 5.43. The molecular formula is C37H44IrN3O2S2-. The molecule has 1 radical (unpaired) electrons. The van der Waals surface area contributed by atoms with Crippen LogP contribution in [-0.2, 0) is 30.3 Å². The first kappa shape index (κ1) is 36.7. The van der Waals surface area contributed by atoms with Crippen LogP contribution in [0.4, 0.5) is 0 Å². The minimum Gasteiger partial charge on any atom is -0.512 e. The fourth-order valence-corrected chi connectivity index (χ4v) is 7.33. The van der Waals surface area contributed by atoms with Crippen molar-refractivity contribution in [2.24, 2.45) is 11.8 Å². The number of thiazole rings is 1. The van der Waals surface area contributed by atoms with Gasteiger partial charge in [0.05, 0.1) is 11.3 Å². The molecule has 0 spiro atoms. The van der Waals surface area contributed by atoms with Crippen LogP contribution in [0.2, 0.25) is 0 Å². The van der Waals surface area contributed by atoms with Crippen LogP contribution in [0.3, 0.4) is 0 Å². The number of allylic oxidation sites excluding steroid dienone is 2. The molecule has 0 aliphatic carbocycles. The van der Waals surface area contributed by atoms with Gasteiger partial charge >= 0.3 is 0 Å². The van der Waals surface area contributed by atoms with Crippen LogP contribution in [0, 0.1) is 24.8 Å². The molecule has 0 fully saturated rings. The molecule has 8 heteroatoms. The molecule has 5 nitrogen and oxygen atoms in total. The van der Waals surface area contributed by atoms with Crippen LogP contribution in [-0.4, -0.2) is 25.8 Å². The van der Waals surface area contributed by atoms with Crippen LogP contribution in [0.5, 0.6) is 0 Å². The first-order chi connectivity index (χ1) is 21.0. The summed E-state index contributed by atoms with van der Waals surface area (Å²) in [6.45, 7) is 16.8. The number of hydrogen-bond acceptors (Lipinski definition) is 7. The molecule has 0 aliphatic heterocycles. The summed E-state index contributed by atoms with van der Waals surface area (Å²) in [6.07, 6.45) is 6.57. The predicted molar refractivity (Wildman–Crippen MR) is 188 cm³/mol. The Bertz CT molecular complexity index is 1760. The normalized spacial score (nSPS) is 12.0. The summed E-state index contributed by atoms with van der Waals surface area (Å²) < 4.78 is 1.08. The van der Waals surface area contributed by atoms with E-state index >= 15 is 0 Å². The molecule has 3 aromatic heterocycles. The van der Waals surface area contributed by atoms with Gasteiger partial charge in [-0.3, -0.25) is 9.78 Å². The molecule has 45 heavy (non-hydrogen) atoms. The van der Waals surface area contributed by atoms with E-state index in [1.54, 1.807) is 29.0 Å². The summed E-state index contributed by atoms with van der Waals surface area (Å²) in [5, 5.41) is 17.4. The molecule has 5 rings (SSSR count). The standard InChI is InChI=1S/C24H20N3S2.C13H24O2.Ir/c1-14-11-29-23(27-14)18-12-28-22-20(25-13-26-21(18)22)16-9-15-7-5-6-8-17(15)19(10-16)24(2,3)4;1-5-10(6-2)12(14)9-13(15)11(7-3)8-4;/h5-8,10-13H,1-4H3;9-11,14H,5-8H2,1-4H3;/q-1;;/b;12-9-;. The molecule has 0 atom stereocenters. The number of nitrogens with zero attached hydrogens (tertiary/aromatic N) is 3. The Morgan fingerprint density at radius 2 is 1.64 bits per heavy atom. The number of aliphatic hydroxyl groups excluding tert-OH is 1. The number of thiophene rings is 1. The van der Waals surface area contributed by atoms with E-state index in [1.807, 2.05) is 34.6 Å². The Morgan fingerprint density at radius 1 is 0.978 bits per heavy atom. The van der Waals surface area contributed by atoms with E-state index < -0.39 is 0 Å². The fraction of sp³-hybridized carbons (Fsp3) is 0.405. The predicted octanol–water partition coefficient (Wildman–Crippen LogP) is 10.9. The monoisotopic (exact) mass is 819 g/mol. The van der Waals surface area contributed by atoms with Crippen LogP contribution in [0.1, 0.15) is 85.4 Å². The maximum Gasteiger partial charge on any atom is 0.162 e. The van der Waals surface area contributed by atoms with Gasteiger partial charge in [0, 0.05) is 70.4 Å². The van der Waals surface area contributed by atoms with Crippen molar-refractivity contribution in [2.45, 2.75) is 86.5 Å². The summed E-state index contributed by atoms with van der Waals surface area (Å²) in [7, 11) is 0. The second-order valence-electron chi connectivity index (χ2n) is 12.2. The third-order valence-electron chi connectivity index (χ3n) is 8.12. The van der Waals surface area contributed by atoms with E-state index in [2.05, 4.69) is 82.9 Å². The maximum atomic E-state index is 11.7. The van der Waals surface area contributed by atoms with Gasteiger partial charge in [-0.2, -0.15) is 0 Å². The van der Waals surface area contributed by atoms with Gasteiger partial charge in [0.25, 0.3) is 0 Å². The van der Waals surface area contributed by atoms with Crippen LogP contribution < -0.4 is 0 Å². The van der Waals surface area contributed by atoms with E-state index in [1.165, 1.54) is 17.0 Å². The number of rotatable bonds is 9. The van der Waals surface area contributed by atoms with Gasteiger partial charge in [-0.25, -0.2) is 9.97 Å². The summed E-state index contributed by atoms with van der Waals surface area (Å²) in [6, 6.07) is 14.3. The first-order valence-corrected chi connectivity index (χ1v) is 17.3. The Morgan fingerprint density at radius 3 is 2.24 bits per heavy atom. The zero-order valence-corrected chi connectivity index (χ0v) is 31.6. The minimum atomic E-state index is 0. The summed E-state index contributed by atoms with van der Waals surface area (Å²) in [4.78, 5) is 25.6. The molecule has 0 amide bonds. The van der Waals surface area contributed by atoms with Gasteiger partial charge in [-0.05, 0) is 38.0 Å². The van der Waals surface area contributed by atoms with Gasteiger partial charge in [-0.15, -0.1) is 51.8 Å². The van der Waals surface area contributed by atoms with Crippen molar-refractivity contribution in [2.75, 3.05) is 0 Å². The van der Waals surface area contributed by atoms with Crippen molar-refractivity contribution in [1.29, 1.82) is 0 Å². The molecule has 0 saturated heterocycles. The number of aryl methyl sites for hydroxylation is 1. The number of carbonyl (C=O) groups excluding carboxylic acids is 1. The minimum absolute atomic E-state index is 0. The molecule has 3 heterocycles. The molecule has 0 aliphatic rings. The summed E-state index contributed by atoms with van der Waals surface area (Å²) in [5.41, 5.74) is 6.38. The number of hydrogen-bond donors (Lipinski definition) is 1. The second-order valence-corrected chi connectivity index (χ2v) is 14.0. The van der Waals surface area contributed by atoms with Crippen molar-refractivity contribution >= 4 is 49.4 Å². The summed E-state index contributed by atoms with van der Waals surface area (Å²) >= 11 is 3.34. The van der Waals surface area contributed by atoms with E-state index in [-0.39, 0.29) is 48.9 Å². The Hall–Kier alpha value is -2.77. The quantitative estimate of drug-likeness (QED) is 0.0911. The SMILES string of the molecule is CCC(CC)C(=O)/C=C(\O)C(CC)CC.Cc1csc(-c2csc3c(-c4[c-]c5ccccc5c(C(C)(C)C)c4)ncnc23)n1.[Ir]. The topological polar surface area (TPSA) is 76.0 Å². The number of ketones is 1. The maximum absolute atomic E-state index is 11.7. The molecule has 1 N–H and O–H groups in total. The molecule has 241 valence electrons. The zero-order chi connectivity index (χ0) is 32.0. The van der Waals surface area contributed by atoms with Crippen molar-refractivity contribution in [3.05, 3.63) is 76.6 Å². The van der Waals surface area contributed by atoms with Crippen LogP contribution in [0.15, 0.2) is 59.3 Å². The number of benzene rings is 2. The van der Waals surface area contributed by atoms with Crippen molar-refractivity contribution in [1.82, 2.24) is 15.0 Å². The number of carbonyl (C=O) groups is 1. The van der Waals surface area contributed by atoms with E-state index in [9.17, 15) is 9.90 Å². The number of fused-ring (bicyclic) bond motifs is 2. The van der Waals surface area contributed by atoms with Gasteiger partial charge < -0.3 is 5.11 Å². The van der Waals surface area contributed by atoms with E-state index in [0.29, 0.717) is 0 Å². The first-order valence-electron chi connectivity index (χ1n) is 15.6. The van der Waals surface area contributed by atoms with Crippen LogP contribution in [0.25, 0.3) is 42.8 Å². The van der Waals surface area contributed by atoms with Gasteiger partial charge in [0.2, 0.25) is 0 Å². The van der Waals surface area contributed by atoms with Gasteiger partial charge in [-0.1, -0.05) is 77.6 Å². The average molecular weight is 819 g/mol. The van der Waals surface area contributed by atoms with Crippen molar-refractivity contribution < 1.29 is 30.0 Å². The Balaban J connectivity index is 0.000000297. The Labute approximate surface area is 289 Å². The third kappa shape index (κ3) is 8.53. The van der Waals surface area contributed by atoms with Crippen LogP contribution >= 0.6 is 22.7 Å². The molecule has 0 unspecified atom stereocenters. The summed E-state index contributed by atoms with van der Waals surface area (Å²) in [5.74, 6) is 0.547. The largest absolute Gasteiger partial charge is 0.512 e. The Kier molecular flexibility index (Phi) is 13.2. The smallest absolute Gasteiger partial charge is 0.162 e. The number of aliphatic hydroxyl groups is 1. The van der Waals surface area contributed by atoms with Gasteiger partial charge in [0.1, 0.15) is 11.3 Å². The van der Waals surface area contributed by atoms with E-state index in [0.717, 1.165) is 68.8 Å². The molecule has 0 saturated carbocycles. The molecule has 5 aromatic rings. The number of aromatic nitrogens is 3. The molecular weight excluding hydrogens is 775 g/mol. The van der Waals surface area contributed by atoms with E-state index in [4.69, 9.17) is 0 Å². The third-order valence-corrected chi connectivity index (χ3v) is 10.1. The van der Waals surface area contributed by atoms with Crippen molar-refractivity contribution in [3.63, 3.8) is 0 Å². The van der Waals surface area contributed by atoms with Gasteiger partial charge in [0.15, 0.2) is 5.78 Å². The van der Waals surface area contributed by atoms with Crippen molar-refractivity contribution in [3.8, 4) is 21.8 Å². The molecule has 0 bridgehead atoms. The zero-order valence-electron chi connectivity index (χ0n) is 27.5. The average Bonchev–Trinajstić information content (AvgIpc) is 3.63.